The lowest BCUT2D eigenvalue weighted by atomic mass is 10.1. The molecule has 1 aromatic carbocycles. The summed E-state index contributed by atoms with van der Waals surface area (Å²) in [4.78, 5) is 35.9. The molecule has 2 heterocycles. The molecule has 0 aromatic heterocycles. The molecule has 0 radical (unpaired) electrons. The molecule has 2 aliphatic heterocycles. The Labute approximate surface area is 127 Å². The van der Waals surface area contributed by atoms with Crippen molar-refractivity contribution in [2.45, 2.75) is 18.9 Å². The fraction of sp³-hybridized carbons (Fsp3) is 0.312. The second-order valence-corrected chi connectivity index (χ2v) is 5.15. The molecule has 1 saturated heterocycles. The van der Waals surface area contributed by atoms with Crippen molar-refractivity contribution in [2.75, 3.05) is 18.1 Å². The van der Waals surface area contributed by atoms with Crippen molar-refractivity contribution >= 4 is 23.5 Å². The van der Waals surface area contributed by atoms with E-state index in [9.17, 15) is 14.4 Å². The van der Waals surface area contributed by atoms with Crippen LogP contribution < -0.4 is 4.90 Å². The third kappa shape index (κ3) is 3.07. The Bertz CT molecular complexity index is 612. The van der Waals surface area contributed by atoms with Crippen LogP contribution in [0.5, 0.6) is 0 Å². The summed E-state index contributed by atoms with van der Waals surface area (Å²) >= 11 is 0. The van der Waals surface area contributed by atoms with Crippen molar-refractivity contribution in [2.24, 2.45) is 0 Å². The first-order valence-corrected chi connectivity index (χ1v) is 7.06. The van der Waals surface area contributed by atoms with Crippen LogP contribution in [0.2, 0.25) is 0 Å². The third-order valence-corrected chi connectivity index (χ3v) is 3.58. The first kappa shape index (κ1) is 14.5. The highest BCUT2D eigenvalue weighted by Crippen LogP contribution is 2.20. The Morgan fingerprint density at radius 1 is 1.18 bits per heavy atom. The molecule has 0 N–H and O–H groups in total. The number of carbonyl (C=O) groups excluding carboxylic acids is 3. The number of esters is 1. The summed E-state index contributed by atoms with van der Waals surface area (Å²) in [7, 11) is 0. The van der Waals surface area contributed by atoms with Gasteiger partial charge in [-0.3, -0.25) is 14.4 Å². The van der Waals surface area contributed by atoms with Crippen LogP contribution in [0.1, 0.15) is 12.0 Å². The Kier molecular flexibility index (Phi) is 4.02. The standard InChI is InChI=1S/C16H15NO5/c18-14-5-6-15(19)17(14)12-3-1-11(2-4-12)9-16(20)22-10-13-7-8-21-13/h1-6,13H,7-10H2. The summed E-state index contributed by atoms with van der Waals surface area (Å²) in [5, 5.41) is 0. The van der Waals surface area contributed by atoms with Gasteiger partial charge in [-0.05, 0) is 17.7 Å². The van der Waals surface area contributed by atoms with Crippen molar-refractivity contribution < 1.29 is 23.9 Å². The minimum atomic E-state index is -0.363. The zero-order chi connectivity index (χ0) is 15.5. The number of hydrogen-bond acceptors (Lipinski definition) is 5. The maximum atomic E-state index is 11.7. The number of anilines is 1. The summed E-state index contributed by atoms with van der Waals surface area (Å²) in [5.74, 6) is -1.05. The molecule has 0 aliphatic carbocycles. The molecule has 0 bridgehead atoms. The number of rotatable bonds is 5. The average molecular weight is 301 g/mol. The van der Waals surface area contributed by atoms with Crippen LogP contribution in [0.3, 0.4) is 0 Å². The summed E-state index contributed by atoms with van der Waals surface area (Å²) in [6.07, 6.45) is 3.57. The monoisotopic (exact) mass is 301 g/mol. The van der Waals surface area contributed by atoms with Gasteiger partial charge in [0.2, 0.25) is 0 Å². The fourth-order valence-corrected chi connectivity index (χ4v) is 2.24. The summed E-state index contributed by atoms with van der Waals surface area (Å²) in [5.41, 5.74) is 1.25. The zero-order valence-corrected chi connectivity index (χ0v) is 11.9. The predicted molar refractivity (Wildman–Crippen MR) is 77.1 cm³/mol. The van der Waals surface area contributed by atoms with Gasteiger partial charge in [-0.2, -0.15) is 0 Å². The van der Waals surface area contributed by atoms with Crippen LogP contribution in [0.4, 0.5) is 5.69 Å². The fourth-order valence-electron chi connectivity index (χ4n) is 2.24. The molecule has 2 aliphatic rings. The normalized spacial score (nSPS) is 20.2. The zero-order valence-electron chi connectivity index (χ0n) is 11.9. The van der Waals surface area contributed by atoms with E-state index in [1.807, 2.05) is 0 Å². The molecule has 22 heavy (non-hydrogen) atoms. The van der Waals surface area contributed by atoms with Crippen molar-refractivity contribution in [3.8, 4) is 0 Å². The highest BCUT2D eigenvalue weighted by Gasteiger charge is 2.25. The number of hydrogen-bond donors (Lipinski definition) is 0. The summed E-state index contributed by atoms with van der Waals surface area (Å²) in [6, 6.07) is 6.69. The van der Waals surface area contributed by atoms with E-state index in [0.29, 0.717) is 12.3 Å². The Morgan fingerprint density at radius 2 is 1.82 bits per heavy atom. The van der Waals surface area contributed by atoms with Gasteiger partial charge in [0.1, 0.15) is 6.61 Å². The topological polar surface area (TPSA) is 72.9 Å². The van der Waals surface area contributed by atoms with Crippen molar-refractivity contribution in [1.29, 1.82) is 0 Å². The molecule has 0 spiro atoms. The highest BCUT2D eigenvalue weighted by molar-refractivity contribution is 6.28. The van der Waals surface area contributed by atoms with Gasteiger partial charge in [0.15, 0.2) is 0 Å². The second-order valence-electron chi connectivity index (χ2n) is 5.15. The van der Waals surface area contributed by atoms with Crippen LogP contribution in [0.15, 0.2) is 36.4 Å². The Morgan fingerprint density at radius 3 is 2.36 bits per heavy atom. The predicted octanol–water partition coefficient (Wildman–Crippen LogP) is 0.991. The summed E-state index contributed by atoms with van der Waals surface area (Å²) < 4.78 is 10.3. The molecule has 1 unspecified atom stereocenters. The molecule has 1 aromatic rings. The number of carbonyl (C=O) groups is 3. The van der Waals surface area contributed by atoms with E-state index >= 15 is 0 Å². The number of amides is 2. The van der Waals surface area contributed by atoms with Crippen molar-refractivity contribution in [3.05, 3.63) is 42.0 Å². The van der Waals surface area contributed by atoms with Crippen LogP contribution in [-0.4, -0.2) is 37.1 Å². The molecule has 1 fully saturated rings. The maximum Gasteiger partial charge on any atom is 0.310 e. The molecular formula is C16H15NO5. The Hall–Kier alpha value is -2.47. The molecule has 3 rings (SSSR count). The van der Waals surface area contributed by atoms with E-state index in [2.05, 4.69) is 0 Å². The van der Waals surface area contributed by atoms with Crippen LogP contribution in [0.25, 0.3) is 0 Å². The van der Waals surface area contributed by atoms with E-state index in [1.165, 1.54) is 12.2 Å². The minimum Gasteiger partial charge on any atom is -0.463 e. The van der Waals surface area contributed by atoms with E-state index in [-0.39, 0.29) is 30.3 Å². The molecule has 114 valence electrons. The number of ether oxygens (including phenoxy) is 2. The third-order valence-electron chi connectivity index (χ3n) is 3.58. The van der Waals surface area contributed by atoms with E-state index in [4.69, 9.17) is 9.47 Å². The van der Waals surface area contributed by atoms with Gasteiger partial charge in [0.05, 0.1) is 18.2 Å². The van der Waals surface area contributed by atoms with Gasteiger partial charge in [-0.25, -0.2) is 4.90 Å². The Balaban J connectivity index is 1.56. The van der Waals surface area contributed by atoms with Crippen LogP contribution in [-0.2, 0) is 30.3 Å². The second kappa shape index (κ2) is 6.11. The van der Waals surface area contributed by atoms with Crippen molar-refractivity contribution in [1.82, 2.24) is 0 Å². The van der Waals surface area contributed by atoms with Gasteiger partial charge in [0, 0.05) is 25.2 Å². The molecule has 6 nitrogen and oxygen atoms in total. The van der Waals surface area contributed by atoms with E-state index < -0.39 is 0 Å². The first-order chi connectivity index (χ1) is 10.6. The van der Waals surface area contributed by atoms with Crippen molar-refractivity contribution in [3.63, 3.8) is 0 Å². The van der Waals surface area contributed by atoms with Gasteiger partial charge >= 0.3 is 5.97 Å². The molecule has 0 saturated carbocycles. The lowest BCUT2D eigenvalue weighted by molar-refractivity contribution is -0.153. The average Bonchev–Trinajstić information content (AvgIpc) is 2.78. The molecule has 1 atom stereocenters. The largest absolute Gasteiger partial charge is 0.463 e. The lowest BCUT2D eigenvalue weighted by Gasteiger charge is -2.25. The van der Waals surface area contributed by atoms with Gasteiger partial charge in [0.25, 0.3) is 11.8 Å². The molecule has 2 amide bonds. The van der Waals surface area contributed by atoms with Crippen LogP contribution in [0, 0.1) is 0 Å². The first-order valence-electron chi connectivity index (χ1n) is 7.06. The van der Waals surface area contributed by atoms with Gasteiger partial charge in [-0.15, -0.1) is 0 Å². The van der Waals surface area contributed by atoms with E-state index in [1.54, 1.807) is 24.3 Å². The maximum absolute atomic E-state index is 11.7. The van der Waals surface area contributed by atoms with Gasteiger partial charge in [-0.1, -0.05) is 12.1 Å². The lowest BCUT2D eigenvalue weighted by Crippen LogP contribution is -2.32. The van der Waals surface area contributed by atoms with Gasteiger partial charge < -0.3 is 9.47 Å². The quantitative estimate of drug-likeness (QED) is 0.599. The number of nitrogens with zero attached hydrogens (tertiary/aromatic N) is 1. The highest BCUT2D eigenvalue weighted by atomic mass is 16.6. The molecular weight excluding hydrogens is 286 g/mol. The smallest absolute Gasteiger partial charge is 0.310 e. The minimum absolute atomic E-state index is 0.0333. The summed E-state index contributed by atoms with van der Waals surface area (Å²) in [6.45, 7) is 1.02. The number of benzene rings is 1. The number of imide groups is 1. The molecule has 6 heteroatoms. The van der Waals surface area contributed by atoms with E-state index in [0.717, 1.165) is 23.5 Å². The SMILES string of the molecule is O=C(Cc1ccc(N2C(=O)C=CC2=O)cc1)OCC1CCO1. The van der Waals surface area contributed by atoms with Crippen LogP contribution >= 0.6 is 0 Å².